The van der Waals surface area contributed by atoms with E-state index in [1.165, 1.54) is 7.05 Å². The number of halogens is 3. The summed E-state index contributed by atoms with van der Waals surface area (Å²) in [6, 6.07) is 1.54. The molecule has 1 aliphatic carbocycles. The number of carbonyl (C=O) groups excluding carboxylic acids is 4. The van der Waals surface area contributed by atoms with Gasteiger partial charge in [-0.2, -0.15) is 0 Å². The molecule has 2 fully saturated rings. The second kappa shape index (κ2) is 8.85. The first kappa shape index (κ1) is 21.8. The molecule has 3 rings (SSSR count). The number of imide groups is 1. The summed E-state index contributed by atoms with van der Waals surface area (Å²) in [4.78, 5) is 51.3. The van der Waals surface area contributed by atoms with Gasteiger partial charge in [0.05, 0.1) is 24.1 Å². The summed E-state index contributed by atoms with van der Waals surface area (Å²) < 4.78 is 39.8. The van der Waals surface area contributed by atoms with Gasteiger partial charge >= 0.3 is 0 Å². The number of carbonyl (C=O) groups is 4. The van der Waals surface area contributed by atoms with E-state index < -0.39 is 41.5 Å². The number of nitrogens with one attached hydrogen (secondary N) is 1. The molecule has 0 radical (unpaired) electrons. The zero-order chi connectivity index (χ0) is 22.0. The van der Waals surface area contributed by atoms with Crippen LogP contribution in [0.2, 0.25) is 0 Å². The van der Waals surface area contributed by atoms with Crippen molar-refractivity contribution in [2.24, 2.45) is 11.8 Å². The number of anilines is 1. The molecule has 10 heteroatoms. The van der Waals surface area contributed by atoms with Crippen molar-refractivity contribution in [3.05, 3.63) is 29.6 Å². The minimum atomic E-state index is -1.71. The van der Waals surface area contributed by atoms with Crippen LogP contribution in [0.5, 0.6) is 0 Å². The first-order valence-electron chi connectivity index (χ1n) is 9.73. The highest BCUT2D eigenvalue weighted by Crippen LogP contribution is 2.38. The summed E-state index contributed by atoms with van der Waals surface area (Å²) in [6.07, 6.45) is 3.02. The van der Waals surface area contributed by atoms with E-state index in [-0.39, 0.29) is 36.6 Å². The van der Waals surface area contributed by atoms with Gasteiger partial charge in [-0.15, -0.1) is 0 Å². The molecule has 1 N–H and O–H groups in total. The molecular formula is C20H22F3N3O4. The van der Waals surface area contributed by atoms with Gasteiger partial charge in [0.15, 0.2) is 17.5 Å². The van der Waals surface area contributed by atoms with Crippen LogP contribution in [0, 0.1) is 29.3 Å². The van der Waals surface area contributed by atoms with Gasteiger partial charge in [-0.25, -0.2) is 13.2 Å². The smallest absolute Gasteiger partial charge is 0.244 e. The number of nitrogens with zero attached hydrogens (tertiary/aromatic N) is 2. The van der Waals surface area contributed by atoms with Gasteiger partial charge in [0.25, 0.3) is 0 Å². The van der Waals surface area contributed by atoms with Gasteiger partial charge in [0, 0.05) is 20.0 Å². The standard InChI is InChI=1S/C20H22F3N3O4/c1-25(10-15(27)24-14-7-6-13(21)17(22)18(14)23)16(28)8-9-26-19(29)11-4-2-3-5-12(11)20(26)30/h6-7,11-12H,2-5,8-10H2,1H3,(H,24,27)/t11-,12+. The van der Waals surface area contributed by atoms with Gasteiger partial charge < -0.3 is 10.2 Å². The second-order valence-electron chi connectivity index (χ2n) is 7.60. The Balaban J connectivity index is 1.51. The molecule has 1 heterocycles. The molecule has 1 aromatic carbocycles. The maximum atomic E-state index is 13.6. The third-order valence-electron chi connectivity index (χ3n) is 5.60. The molecule has 4 amide bonds. The lowest BCUT2D eigenvalue weighted by Crippen LogP contribution is -2.38. The van der Waals surface area contributed by atoms with E-state index in [0.717, 1.165) is 28.7 Å². The van der Waals surface area contributed by atoms with Crippen LogP contribution in [0.3, 0.4) is 0 Å². The molecule has 30 heavy (non-hydrogen) atoms. The Morgan fingerprint density at radius 1 is 1.07 bits per heavy atom. The van der Waals surface area contributed by atoms with Crippen molar-refractivity contribution in [1.82, 2.24) is 9.80 Å². The molecular weight excluding hydrogens is 403 g/mol. The number of likely N-dealkylation sites (tertiary alicyclic amines) is 1. The Morgan fingerprint density at radius 3 is 2.27 bits per heavy atom. The van der Waals surface area contributed by atoms with Crippen molar-refractivity contribution in [1.29, 1.82) is 0 Å². The molecule has 0 spiro atoms. The Kier molecular flexibility index (Phi) is 6.42. The predicted molar refractivity (Wildman–Crippen MR) is 99.4 cm³/mol. The summed E-state index contributed by atoms with van der Waals surface area (Å²) in [5.41, 5.74) is -0.546. The van der Waals surface area contributed by atoms with Gasteiger partial charge in [-0.05, 0) is 25.0 Å². The normalized spacial score (nSPS) is 20.9. The van der Waals surface area contributed by atoms with E-state index in [9.17, 15) is 32.3 Å². The van der Waals surface area contributed by atoms with Crippen molar-refractivity contribution in [3.8, 4) is 0 Å². The SMILES string of the molecule is CN(CC(=O)Nc1ccc(F)c(F)c1F)C(=O)CCN1C(=O)[C@H]2CCCC[C@H]2C1=O. The van der Waals surface area contributed by atoms with Crippen molar-refractivity contribution in [2.75, 3.05) is 25.5 Å². The van der Waals surface area contributed by atoms with E-state index in [1.54, 1.807) is 0 Å². The van der Waals surface area contributed by atoms with Crippen LogP contribution in [0.25, 0.3) is 0 Å². The van der Waals surface area contributed by atoms with Crippen molar-refractivity contribution >= 4 is 29.3 Å². The number of likely N-dealkylation sites (N-methyl/N-ethyl adjacent to an activating group) is 1. The number of hydrogen-bond acceptors (Lipinski definition) is 4. The van der Waals surface area contributed by atoms with Crippen molar-refractivity contribution in [3.63, 3.8) is 0 Å². The molecule has 1 aliphatic heterocycles. The number of fused-ring (bicyclic) bond motifs is 1. The topological polar surface area (TPSA) is 86.8 Å². The summed E-state index contributed by atoms with van der Waals surface area (Å²) in [6.45, 7) is -0.530. The molecule has 162 valence electrons. The molecule has 0 bridgehead atoms. The Labute approximate surface area is 171 Å². The molecule has 0 aromatic heterocycles. The van der Waals surface area contributed by atoms with Gasteiger partial charge in [-0.1, -0.05) is 12.8 Å². The van der Waals surface area contributed by atoms with Crippen molar-refractivity contribution < 1.29 is 32.3 Å². The lowest BCUT2D eigenvalue weighted by molar-refractivity contribution is -0.141. The predicted octanol–water partition coefficient (Wildman–Crippen LogP) is 2.07. The van der Waals surface area contributed by atoms with Crippen LogP contribution in [-0.2, 0) is 19.2 Å². The van der Waals surface area contributed by atoms with Crippen LogP contribution in [0.4, 0.5) is 18.9 Å². The van der Waals surface area contributed by atoms with Crippen LogP contribution in [0.1, 0.15) is 32.1 Å². The maximum absolute atomic E-state index is 13.6. The Morgan fingerprint density at radius 2 is 1.67 bits per heavy atom. The number of hydrogen-bond donors (Lipinski definition) is 1. The highest BCUT2D eigenvalue weighted by Gasteiger charge is 2.47. The first-order chi connectivity index (χ1) is 14.2. The fourth-order valence-corrected chi connectivity index (χ4v) is 3.97. The number of rotatable bonds is 6. The Bertz CT molecular complexity index is 868. The fraction of sp³-hybridized carbons (Fsp3) is 0.500. The minimum absolute atomic E-state index is 0.0622. The quantitative estimate of drug-likeness (QED) is 0.559. The lowest BCUT2D eigenvalue weighted by atomic mass is 9.81. The third kappa shape index (κ3) is 4.31. The first-order valence-corrected chi connectivity index (χ1v) is 9.73. The number of amides is 4. The molecule has 0 unspecified atom stereocenters. The summed E-state index contributed by atoms with van der Waals surface area (Å²) >= 11 is 0. The van der Waals surface area contributed by atoms with Gasteiger partial charge in [0.2, 0.25) is 23.6 Å². The fourth-order valence-electron chi connectivity index (χ4n) is 3.97. The monoisotopic (exact) mass is 425 g/mol. The highest BCUT2D eigenvalue weighted by molar-refractivity contribution is 6.05. The molecule has 2 aliphatic rings. The Hall–Kier alpha value is -2.91. The largest absolute Gasteiger partial charge is 0.336 e. The highest BCUT2D eigenvalue weighted by atomic mass is 19.2. The van der Waals surface area contributed by atoms with Crippen LogP contribution in [-0.4, -0.2) is 53.6 Å². The summed E-state index contributed by atoms with van der Waals surface area (Å²) in [5, 5.41) is 2.08. The third-order valence-corrected chi connectivity index (χ3v) is 5.60. The van der Waals surface area contributed by atoms with E-state index in [0.29, 0.717) is 18.9 Å². The zero-order valence-electron chi connectivity index (χ0n) is 16.4. The number of benzene rings is 1. The van der Waals surface area contributed by atoms with Gasteiger partial charge in [-0.3, -0.25) is 24.1 Å². The minimum Gasteiger partial charge on any atom is -0.336 e. The zero-order valence-corrected chi connectivity index (χ0v) is 16.4. The summed E-state index contributed by atoms with van der Waals surface area (Å²) in [5.74, 6) is -7.02. The van der Waals surface area contributed by atoms with E-state index in [4.69, 9.17) is 0 Å². The molecule has 1 saturated carbocycles. The van der Waals surface area contributed by atoms with E-state index >= 15 is 0 Å². The van der Waals surface area contributed by atoms with E-state index in [2.05, 4.69) is 5.32 Å². The molecule has 2 atom stereocenters. The lowest BCUT2D eigenvalue weighted by Gasteiger charge is -2.19. The second-order valence-corrected chi connectivity index (χ2v) is 7.60. The van der Waals surface area contributed by atoms with E-state index in [1.807, 2.05) is 0 Å². The molecule has 1 aromatic rings. The van der Waals surface area contributed by atoms with Crippen LogP contribution in [0.15, 0.2) is 12.1 Å². The summed E-state index contributed by atoms with van der Waals surface area (Å²) in [7, 11) is 1.33. The van der Waals surface area contributed by atoms with Crippen molar-refractivity contribution in [2.45, 2.75) is 32.1 Å². The molecule has 1 saturated heterocycles. The van der Waals surface area contributed by atoms with Crippen LogP contribution < -0.4 is 5.32 Å². The average Bonchev–Trinajstić information content (AvgIpc) is 2.97. The van der Waals surface area contributed by atoms with Gasteiger partial charge in [0.1, 0.15) is 0 Å². The average molecular weight is 425 g/mol. The van der Waals surface area contributed by atoms with Crippen LogP contribution >= 0.6 is 0 Å². The maximum Gasteiger partial charge on any atom is 0.244 e. The molecule has 7 nitrogen and oxygen atoms in total.